The number of furan rings is 1. The van der Waals surface area contributed by atoms with Gasteiger partial charge in [0, 0.05) is 11.8 Å². The lowest BCUT2D eigenvalue weighted by atomic mass is 10.1. The zero-order chi connectivity index (χ0) is 20.1. The highest BCUT2D eigenvalue weighted by molar-refractivity contribution is 6.39. The van der Waals surface area contributed by atoms with Crippen LogP contribution < -0.4 is 5.32 Å². The van der Waals surface area contributed by atoms with E-state index in [4.69, 9.17) is 27.6 Å². The molecule has 0 saturated carbocycles. The van der Waals surface area contributed by atoms with Crippen LogP contribution in [0.3, 0.4) is 0 Å². The van der Waals surface area contributed by atoms with E-state index in [2.05, 4.69) is 12.2 Å². The maximum Gasteiger partial charge on any atom is 0.266 e. The van der Waals surface area contributed by atoms with Crippen molar-refractivity contribution in [1.82, 2.24) is 0 Å². The van der Waals surface area contributed by atoms with Gasteiger partial charge in [0.15, 0.2) is 0 Å². The summed E-state index contributed by atoms with van der Waals surface area (Å²) in [7, 11) is 0. The predicted molar refractivity (Wildman–Crippen MR) is 112 cm³/mol. The average Bonchev–Trinajstić information content (AvgIpc) is 3.14. The van der Waals surface area contributed by atoms with Gasteiger partial charge in [-0.2, -0.15) is 5.26 Å². The van der Waals surface area contributed by atoms with Gasteiger partial charge in [-0.15, -0.1) is 0 Å². The van der Waals surface area contributed by atoms with E-state index in [1.807, 2.05) is 18.2 Å². The van der Waals surface area contributed by atoms with E-state index < -0.39 is 5.91 Å². The van der Waals surface area contributed by atoms with Crippen molar-refractivity contribution >= 4 is 40.9 Å². The van der Waals surface area contributed by atoms with Crippen molar-refractivity contribution in [3.8, 4) is 17.4 Å². The van der Waals surface area contributed by atoms with Gasteiger partial charge in [-0.1, -0.05) is 48.3 Å². The summed E-state index contributed by atoms with van der Waals surface area (Å²) in [5.41, 5.74) is 2.26. The highest BCUT2D eigenvalue weighted by Crippen LogP contribution is 2.35. The van der Waals surface area contributed by atoms with Crippen molar-refractivity contribution in [2.75, 3.05) is 5.32 Å². The molecular weight excluding hydrogens is 395 g/mol. The highest BCUT2D eigenvalue weighted by atomic mass is 35.5. The zero-order valence-corrected chi connectivity index (χ0v) is 16.5. The molecule has 0 unspecified atom stereocenters. The predicted octanol–water partition coefficient (Wildman–Crippen LogP) is 6.36. The maximum atomic E-state index is 12.4. The Morgan fingerprint density at radius 3 is 2.39 bits per heavy atom. The molecule has 3 aromatic rings. The molecule has 4 nitrogen and oxygen atoms in total. The standard InChI is InChI=1S/C22H16Cl2N2O2/c1-2-14-6-8-16(9-7-14)26-22(27)15(13-25)12-17-10-11-20(28-17)21-18(23)4-3-5-19(21)24/h3-12H,2H2,1H3,(H,26,27)/b15-12+. The van der Waals surface area contributed by atoms with E-state index in [0.717, 1.165) is 12.0 Å². The van der Waals surface area contributed by atoms with Crippen molar-refractivity contribution in [2.45, 2.75) is 13.3 Å². The minimum absolute atomic E-state index is 0.0780. The summed E-state index contributed by atoms with van der Waals surface area (Å²) in [6, 6.07) is 17.9. The summed E-state index contributed by atoms with van der Waals surface area (Å²) in [6.45, 7) is 2.05. The number of nitrogens with zero attached hydrogens (tertiary/aromatic N) is 1. The van der Waals surface area contributed by atoms with E-state index in [9.17, 15) is 10.1 Å². The fraction of sp³-hybridized carbons (Fsp3) is 0.0909. The van der Waals surface area contributed by atoms with Crippen LogP contribution in [-0.2, 0) is 11.2 Å². The number of anilines is 1. The molecule has 140 valence electrons. The van der Waals surface area contributed by atoms with Crippen molar-refractivity contribution in [3.05, 3.63) is 81.5 Å². The fourth-order valence-corrected chi connectivity index (χ4v) is 3.19. The Kier molecular flexibility index (Phi) is 6.20. The first kappa shape index (κ1) is 19.8. The summed E-state index contributed by atoms with van der Waals surface area (Å²) in [5.74, 6) is 0.286. The quantitative estimate of drug-likeness (QED) is 0.392. The van der Waals surface area contributed by atoms with E-state index >= 15 is 0 Å². The molecule has 28 heavy (non-hydrogen) atoms. The van der Waals surface area contributed by atoms with E-state index in [0.29, 0.717) is 32.8 Å². The molecule has 2 aromatic carbocycles. The number of hydrogen-bond donors (Lipinski definition) is 1. The van der Waals surface area contributed by atoms with Gasteiger partial charge < -0.3 is 9.73 Å². The van der Waals surface area contributed by atoms with Gasteiger partial charge in [0.05, 0.1) is 15.6 Å². The van der Waals surface area contributed by atoms with Crippen LogP contribution in [0.2, 0.25) is 10.0 Å². The Hall–Kier alpha value is -3.00. The average molecular weight is 411 g/mol. The Morgan fingerprint density at radius 1 is 1.11 bits per heavy atom. The number of carbonyl (C=O) groups is 1. The second-order valence-electron chi connectivity index (χ2n) is 5.97. The summed E-state index contributed by atoms with van der Waals surface area (Å²) in [6.07, 6.45) is 2.29. The molecule has 1 aromatic heterocycles. The number of nitriles is 1. The zero-order valence-electron chi connectivity index (χ0n) is 15.0. The highest BCUT2D eigenvalue weighted by Gasteiger charge is 2.14. The van der Waals surface area contributed by atoms with Gasteiger partial charge in [0.1, 0.15) is 23.2 Å². The number of nitrogens with one attached hydrogen (secondary N) is 1. The van der Waals surface area contributed by atoms with E-state index in [-0.39, 0.29) is 5.57 Å². The van der Waals surface area contributed by atoms with Crippen LogP contribution in [0.5, 0.6) is 0 Å². The lowest BCUT2D eigenvalue weighted by Gasteiger charge is -2.05. The first-order chi connectivity index (χ1) is 13.5. The van der Waals surface area contributed by atoms with Gasteiger partial charge in [-0.25, -0.2) is 0 Å². The summed E-state index contributed by atoms with van der Waals surface area (Å²) in [5, 5.41) is 13.0. The van der Waals surface area contributed by atoms with E-state index in [1.165, 1.54) is 6.08 Å². The summed E-state index contributed by atoms with van der Waals surface area (Å²) < 4.78 is 5.72. The van der Waals surface area contributed by atoms with Crippen molar-refractivity contribution < 1.29 is 9.21 Å². The second-order valence-corrected chi connectivity index (χ2v) is 6.79. The van der Waals surface area contributed by atoms with Gasteiger partial charge in [0.25, 0.3) is 5.91 Å². The molecule has 0 saturated heterocycles. The SMILES string of the molecule is CCc1ccc(NC(=O)/C(C#N)=C/c2ccc(-c3c(Cl)cccc3Cl)o2)cc1. The number of amides is 1. The molecule has 1 heterocycles. The molecular formula is C22H16Cl2N2O2. The number of carbonyl (C=O) groups excluding carboxylic acids is 1. The molecule has 0 bridgehead atoms. The van der Waals surface area contributed by atoms with Crippen LogP contribution in [0.1, 0.15) is 18.2 Å². The second kappa shape index (κ2) is 8.79. The number of hydrogen-bond acceptors (Lipinski definition) is 3. The monoisotopic (exact) mass is 410 g/mol. The van der Waals surface area contributed by atoms with Crippen LogP contribution in [0.25, 0.3) is 17.4 Å². The van der Waals surface area contributed by atoms with E-state index in [1.54, 1.807) is 42.5 Å². The Bertz CT molecular complexity index is 1060. The third kappa shape index (κ3) is 4.45. The molecule has 3 rings (SSSR count). The maximum absolute atomic E-state index is 12.4. The molecule has 0 aliphatic rings. The molecule has 0 spiro atoms. The number of aryl methyl sites for hydroxylation is 1. The Balaban J connectivity index is 1.82. The molecule has 0 radical (unpaired) electrons. The number of benzene rings is 2. The molecule has 0 aliphatic heterocycles. The Labute approximate surface area is 173 Å². The van der Waals surface area contributed by atoms with Crippen molar-refractivity contribution in [2.24, 2.45) is 0 Å². The Morgan fingerprint density at radius 2 is 1.79 bits per heavy atom. The van der Waals surface area contributed by atoms with Crippen molar-refractivity contribution in [3.63, 3.8) is 0 Å². The number of halogens is 2. The smallest absolute Gasteiger partial charge is 0.266 e. The third-order valence-electron chi connectivity index (χ3n) is 4.11. The van der Waals surface area contributed by atoms with Crippen LogP contribution in [0, 0.1) is 11.3 Å². The molecule has 0 atom stereocenters. The largest absolute Gasteiger partial charge is 0.457 e. The lowest BCUT2D eigenvalue weighted by Crippen LogP contribution is -2.13. The van der Waals surface area contributed by atoms with Crippen LogP contribution in [0.4, 0.5) is 5.69 Å². The van der Waals surface area contributed by atoms with Crippen molar-refractivity contribution in [1.29, 1.82) is 5.26 Å². The lowest BCUT2D eigenvalue weighted by molar-refractivity contribution is -0.112. The van der Waals surface area contributed by atoms with Gasteiger partial charge >= 0.3 is 0 Å². The topological polar surface area (TPSA) is 66.0 Å². The summed E-state index contributed by atoms with van der Waals surface area (Å²) in [4.78, 5) is 12.4. The molecule has 1 amide bonds. The first-order valence-electron chi connectivity index (χ1n) is 8.58. The minimum Gasteiger partial charge on any atom is -0.457 e. The van der Waals surface area contributed by atoms with Crippen LogP contribution in [0.15, 0.2) is 64.6 Å². The first-order valence-corrected chi connectivity index (χ1v) is 9.33. The molecule has 0 fully saturated rings. The molecule has 0 aliphatic carbocycles. The number of rotatable bonds is 5. The fourth-order valence-electron chi connectivity index (χ4n) is 2.61. The van der Waals surface area contributed by atoms with Crippen LogP contribution >= 0.6 is 23.2 Å². The molecule has 6 heteroatoms. The van der Waals surface area contributed by atoms with Gasteiger partial charge in [0.2, 0.25) is 0 Å². The van der Waals surface area contributed by atoms with Crippen LogP contribution in [-0.4, -0.2) is 5.91 Å². The normalized spacial score (nSPS) is 11.1. The van der Waals surface area contributed by atoms with Gasteiger partial charge in [-0.05, 0) is 48.4 Å². The minimum atomic E-state index is -0.513. The summed E-state index contributed by atoms with van der Waals surface area (Å²) >= 11 is 12.4. The third-order valence-corrected chi connectivity index (χ3v) is 4.74. The van der Waals surface area contributed by atoms with Gasteiger partial charge in [-0.3, -0.25) is 4.79 Å². The molecule has 1 N–H and O–H groups in total.